The maximum Gasteiger partial charge on any atom is 0.0393 e. The van der Waals surface area contributed by atoms with Gasteiger partial charge in [-0.25, -0.2) is 0 Å². The van der Waals surface area contributed by atoms with E-state index in [0.29, 0.717) is 0 Å². The molecule has 2 N–H and O–H groups in total. The highest BCUT2D eigenvalue weighted by Gasteiger charge is 2.18. The zero-order valence-electron chi connectivity index (χ0n) is 9.59. The van der Waals surface area contributed by atoms with Crippen LogP contribution in [0.25, 0.3) is 5.57 Å². The summed E-state index contributed by atoms with van der Waals surface area (Å²) in [4.78, 5) is 0. The maximum absolute atomic E-state index is 6.01. The molecule has 1 aromatic carbocycles. The van der Waals surface area contributed by atoms with Crippen molar-refractivity contribution in [3.05, 3.63) is 46.5 Å². The minimum atomic E-state index is 0.876. The van der Waals surface area contributed by atoms with Gasteiger partial charge in [-0.2, -0.15) is 0 Å². The summed E-state index contributed by atoms with van der Waals surface area (Å²) in [6.45, 7) is 6.58. The van der Waals surface area contributed by atoms with Crippen molar-refractivity contribution in [2.45, 2.75) is 27.2 Å². The summed E-state index contributed by atoms with van der Waals surface area (Å²) < 4.78 is 0. The average Bonchev–Trinajstić information content (AvgIpc) is 2.43. The third-order valence-corrected chi connectivity index (χ3v) is 3.20. The Morgan fingerprint density at radius 2 is 1.67 bits per heavy atom. The smallest absolute Gasteiger partial charge is 0.0393 e. The Bertz CT molecular complexity index is 464. The summed E-state index contributed by atoms with van der Waals surface area (Å²) in [6, 6.07) is 8.11. The lowest BCUT2D eigenvalue weighted by Crippen LogP contribution is -1.94. The number of hydrogen-bond acceptors (Lipinski definition) is 1. The molecule has 0 aliphatic heterocycles. The Morgan fingerprint density at radius 1 is 1.00 bits per heavy atom. The fourth-order valence-corrected chi connectivity index (χ4v) is 2.31. The molecule has 1 aliphatic rings. The standard InChI is InChI=1S/C14H17N/c1-9-8-10(2)14(11(9)3)12-6-4-5-7-13(12)15/h4-7H,8,15H2,1-3H3. The first-order valence-corrected chi connectivity index (χ1v) is 5.32. The van der Waals surface area contributed by atoms with E-state index in [1.165, 1.54) is 27.9 Å². The normalized spacial score (nSPS) is 16.5. The van der Waals surface area contributed by atoms with Crippen LogP contribution in [-0.2, 0) is 0 Å². The summed E-state index contributed by atoms with van der Waals surface area (Å²) in [6.07, 6.45) is 1.09. The summed E-state index contributed by atoms with van der Waals surface area (Å²) in [5.41, 5.74) is 13.7. The minimum absolute atomic E-state index is 0.876. The van der Waals surface area contributed by atoms with Gasteiger partial charge in [0.05, 0.1) is 0 Å². The molecule has 1 aliphatic carbocycles. The van der Waals surface area contributed by atoms with Gasteiger partial charge in [-0.3, -0.25) is 0 Å². The molecule has 0 bridgehead atoms. The average molecular weight is 199 g/mol. The Morgan fingerprint density at radius 3 is 2.20 bits per heavy atom. The molecule has 0 amide bonds. The Balaban J connectivity index is 2.58. The van der Waals surface area contributed by atoms with Crippen molar-refractivity contribution < 1.29 is 0 Å². The van der Waals surface area contributed by atoms with Gasteiger partial charge < -0.3 is 5.73 Å². The second-order valence-electron chi connectivity index (χ2n) is 4.32. The first-order valence-electron chi connectivity index (χ1n) is 5.32. The molecule has 0 saturated heterocycles. The van der Waals surface area contributed by atoms with Crippen LogP contribution >= 0.6 is 0 Å². The number of nitrogens with two attached hydrogens (primary N) is 1. The van der Waals surface area contributed by atoms with Crippen molar-refractivity contribution in [1.82, 2.24) is 0 Å². The van der Waals surface area contributed by atoms with E-state index in [1.54, 1.807) is 0 Å². The molecule has 0 atom stereocenters. The highest BCUT2D eigenvalue weighted by atomic mass is 14.6. The van der Waals surface area contributed by atoms with Crippen molar-refractivity contribution in [3.8, 4) is 0 Å². The highest BCUT2D eigenvalue weighted by molar-refractivity contribution is 5.89. The molecular weight excluding hydrogens is 182 g/mol. The molecule has 15 heavy (non-hydrogen) atoms. The van der Waals surface area contributed by atoms with Crippen molar-refractivity contribution in [1.29, 1.82) is 0 Å². The largest absolute Gasteiger partial charge is 0.398 e. The van der Waals surface area contributed by atoms with Crippen LogP contribution in [0.4, 0.5) is 5.69 Å². The molecule has 0 aromatic heterocycles. The van der Waals surface area contributed by atoms with E-state index in [9.17, 15) is 0 Å². The first-order chi connectivity index (χ1) is 7.11. The van der Waals surface area contributed by atoms with E-state index in [0.717, 1.165) is 12.1 Å². The third-order valence-electron chi connectivity index (χ3n) is 3.20. The fourth-order valence-electron chi connectivity index (χ4n) is 2.31. The Hall–Kier alpha value is -1.50. The molecule has 2 rings (SSSR count). The van der Waals surface area contributed by atoms with E-state index in [4.69, 9.17) is 5.73 Å². The van der Waals surface area contributed by atoms with Gasteiger partial charge in [0.25, 0.3) is 0 Å². The topological polar surface area (TPSA) is 26.0 Å². The monoisotopic (exact) mass is 199 g/mol. The molecule has 78 valence electrons. The lowest BCUT2D eigenvalue weighted by molar-refractivity contribution is 1.14. The summed E-state index contributed by atoms with van der Waals surface area (Å²) in [5, 5.41) is 0. The van der Waals surface area contributed by atoms with Gasteiger partial charge in [-0.1, -0.05) is 29.3 Å². The zero-order chi connectivity index (χ0) is 11.0. The second kappa shape index (κ2) is 3.58. The third kappa shape index (κ3) is 1.58. The molecule has 0 unspecified atom stereocenters. The van der Waals surface area contributed by atoms with Gasteiger partial charge in [0.2, 0.25) is 0 Å². The number of anilines is 1. The highest BCUT2D eigenvalue weighted by Crippen LogP contribution is 2.39. The Kier molecular flexibility index (Phi) is 2.39. The van der Waals surface area contributed by atoms with Gasteiger partial charge in [-0.05, 0) is 44.4 Å². The molecule has 0 spiro atoms. The molecule has 0 saturated carbocycles. The van der Waals surface area contributed by atoms with E-state index in [-0.39, 0.29) is 0 Å². The van der Waals surface area contributed by atoms with E-state index < -0.39 is 0 Å². The molecular formula is C14H17N. The summed E-state index contributed by atoms with van der Waals surface area (Å²) in [5.74, 6) is 0. The van der Waals surface area contributed by atoms with E-state index >= 15 is 0 Å². The maximum atomic E-state index is 6.01. The van der Waals surface area contributed by atoms with Crippen LogP contribution in [0, 0.1) is 0 Å². The van der Waals surface area contributed by atoms with Crippen molar-refractivity contribution in [2.75, 3.05) is 5.73 Å². The quantitative estimate of drug-likeness (QED) is 0.684. The first kappa shape index (κ1) is 10.0. The van der Waals surface area contributed by atoms with Crippen LogP contribution in [0.2, 0.25) is 0 Å². The zero-order valence-corrected chi connectivity index (χ0v) is 9.59. The summed E-state index contributed by atoms with van der Waals surface area (Å²) >= 11 is 0. The number of allylic oxidation sites excluding steroid dienone is 4. The SMILES string of the molecule is CC1=C(C)C(c2ccccc2N)=C(C)C1. The number of benzene rings is 1. The molecule has 0 fully saturated rings. The van der Waals surface area contributed by atoms with Gasteiger partial charge in [0, 0.05) is 11.3 Å². The molecule has 1 nitrogen and oxygen atoms in total. The lowest BCUT2D eigenvalue weighted by atomic mass is 9.97. The summed E-state index contributed by atoms with van der Waals surface area (Å²) in [7, 11) is 0. The Labute approximate surface area is 91.3 Å². The van der Waals surface area contributed by atoms with Crippen LogP contribution < -0.4 is 5.73 Å². The van der Waals surface area contributed by atoms with E-state index in [1.807, 2.05) is 18.2 Å². The predicted molar refractivity (Wildman–Crippen MR) is 66.4 cm³/mol. The van der Waals surface area contributed by atoms with Crippen LogP contribution in [0.3, 0.4) is 0 Å². The van der Waals surface area contributed by atoms with Crippen molar-refractivity contribution in [3.63, 3.8) is 0 Å². The number of hydrogen-bond donors (Lipinski definition) is 1. The molecule has 0 radical (unpaired) electrons. The van der Waals surface area contributed by atoms with Gasteiger partial charge in [0.15, 0.2) is 0 Å². The lowest BCUT2D eigenvalue weighted by Gasteiger charge is -2.10. The fraction of sp³-hybridized carbons (Fsp3) is 0.286. The second-order valence-corrected chi connectivity index (χ2v) is 4.32. The number of para-hydroxylation sites is 1. The molecule has 1 aromatic rings. The molecule has 1 heteroatoms. The van der Waals surface area contributed by atoms with Crippen LogP contribution in [0.1, 0.15) is 32.8 Å². The van der Waals surface area contributed by atoms with Gasteiger partial charge >= 0.3 is 0 Å². The number of rotatable bonds is 1. The predicted octanol–water partition coefficient (Wildman–Crippen LogP) is 3.78. The van der Waals surface area contributed by atoms with Crippen molar-refractivity contribution in [2.24, 2.45) is 0 Å². The molecule has 0 heterocycles. The van der Waals surface area contributed by atoms with Crippen LogP contribution in [0.5, 0.6) is 0 Å². The van der Waals surface area contributed by atoms with Crippen LogP contribution in [0.15, 0.2) is 41.0 Å². The number of nitrogen functional groups attached to an aromatic ring is 1. The van der Waals surface area contributed by atoms with Gasteiger partial charge in [0.1, 0.15) is 0 Å². The van der Waals surface area contributed by atoms with Crippen molar-refractivity contribution >= 4 is 11.3 Å². The minimum Gasteiger partial charge on any atom is -0.398 e. The van der Waals surface area contributed by atoms with Gasteiger partial charge in [-0.15, -0.1) is 0 Å². The van der Waals surface area contributed by atoms with Crippen LogP contribution in [-0.4, -0.2) is 0 Å². The van der Waals surface area contributed by atoms with E-state index in [2.05, 4.69) is 26.8 Å².